The van der Waals surface area contributed by atoms with Crippen LogP contribution in [0.1, 0.15) is 111 Å². The average Bonchev–Trinajstić information content (AvgIpc) is 2.96. The van der Waals surface area contributed by atoms with Gasteiger partial charge in [0.15, 0.2) is 0 Å². The van der Waals surface area contributed by atoms with E-state index in [2.05, 4.69) is 128 Å². The highest BCUT2D eigenvalue weighted by Gasteiger charge is 2.34. The third-order valence-electron chi connectivity index (χ3n) is 9.48. The first-order valence-corrected chi connectivity index (χ1v) is 15.8. The largest absolute Gasteiger partial charge is 0.374 e. The van der Waals surface area contributed by atoms with Gasteiger partial charge in [-0.1, -0.05) is 114 Å². The van der Waals surface area contributed by atoms with Gasteiger partial charge in [-0.3, -0.25) is 0 Å². The van der Waals surface area contributed by atoms with E-state index in [0.717, 1.165) is 25.8 Å². The molecule has 3 aromatic rings. The summed E-state index contributed by atoms with van der Waals surface area (Å²) < 4.78 is 0. The fourth-order valence-corrected chi connectivity index (χ4v) is 6.25. The topological polar surface area (TPSA) is 3.24 Å². The van der Waals surface area contributed by atoms with E-state index in [-0.39, 0.29) is 11.3 Å². The minimum atomic E-state index is -0.0616. The van der Waals surface area contributed by atoms with E-state index in [1.807, 2.05) is 6.08 Å². The van der Waals surface area contributed by atoms with Crippen LogP contribution in [0.5, 0.6) is 0 Å². The minimum Gasteiger partial charge on any atom is -0.374 e. The van der Waals surface area contributed by atoms with E-state index in [0.29, 0.717) is 0 Å². The molecule has 1 heteroatoms. The molecule has 0 radical (unpaired) electrons. The normalized spacial score (nSPS) is 12.3. The van der Waals surface area contributed by atoms with Gasteiger partial charge in [-0.25, -0.2) is 0 Å². The van der Waals surface area contributed by atoms with Crippen LogP contribution >= 0.6 is 0 Å². The van der Waals surface area contributed by atoms with Crippen molar-refractivity contribution in [2.75, 3.05) is 18.5 Å². The molecule has 0 aromatic heterocycles. The quantitative estimate of drug-likeness (QED) is 0.135. The van der Waals surface area contributed by atoms with E-state index in [1.54, 1.807) is 0 Å². The molecule has 1 unspecified atom stereocenters. The van der Waals surface area contributed by atoms with Gasteiger partial charge in [-0.05, 0) is 109 Å². The molecule has 0 aliphatic rings. The Morgan fingerprint density at radius 2 is 1.59 bits per heavy atom. The Morgan fingerprint density at radius 3 is 2.20 bits per heavy atom. The van der Waals surface area contributed by atoms with Crippen LogP contribution in [0.2, 0.25) is 0 Å². The molecule has 0 aliphatic carbocycles. The molecule has 0 heterocycles. The van der Waals surface area contributed by atoms with Gasteiger partial charge < -0.3 is 4.90 Å². The molecule has 1 nitrogen and oxygen atoms in total. The second-order valence-electron chi connectivity index (χ2n) is 12.7. The van der Waals surface area contributed by atoms with Crippen LogP contribution in [0, 0.1) is 19.3 Å². The molecule has 1 atom stereocenters. The summed E-state index contributed by atoms with van der Waals surface area (Å²) in [5.41, 5.74) is 13.8. The van der Waals surface area contributed by atoms with E-state index >= 15 is 0 Å². The number of benzene rings is 3. The van der Waals surface area contributed by atoms with Crippen LogP contribution in [0.25, 0.3) is 6.08 Å². The zero-order chi connectivity index (χ0) is 30.2. The molecule has 3 aromatic carbocycles. The zero-order valence-electron chi connectivity index (χ0n) is 27.4. The van der Waals surface area contributed by atoms with E-state index in [1.165, 1.54) is 81.5 Å². The van der Waals surface area contributed by atoms with E-state index < -0.39 is 0 Å². The Labute approximate surface area is 252 Å². The van der Waals surface area contributed by atoms with Crippen LogP contribution in [0.15, 0.2) is 73.3 Å². The SMILES string of the molecule is C=Cc1ccc(CCCCCN(C)c2ccc(C(c3ccc(CCC)c(CC)c3)C(C)(C)C(=C)C)c(C)c2C)cc1. The van der Waals surface area contributed by atoms with Gasteiger partial charge >= 0.3 is 0 Å². The van der Waals surface area contributed by atoms with Crippen molar-refractivity contribution in [3.8, 4) is 0 Å². The monoisotopic (exact) mass is 549 g/mol. The molecule has 3 rings (SSSR count). The third kappa shape index (κ3) is 7.82. The molecule has 0 N–H and O–H groups in total. The van der Waals surface area contributed by atoms with Gasteiger partial charge in [0.05, 0.1) is 0 Å². The Hall–Kier alpha value is -3.06. The average molecular weight is 550 g/mol. The van der Waals surface area contributed by atoms with Gasteiger partial charge in [0.25, 0.3) is 0 Å². The number of unbranched alkanes of at least 4 members (excludes halogenated alkanes) is 2. The predicted octanol–water partition coefficient (Wildman–Crippen LogP) is 11.0. The minimum absolute atomic E-state index is 0.0616. The summed E-state index contributed by atoms with van der Waals surface area (Å²) in [6.45, 7) is 25.5. The number of hydrogen-bond acceptors (Lipinski definition) is 1. The molecule has 41 heavy (non-hydrogen) atoms. The van der Waals surface area contributed by atoms with Crippen LogP contribution in [-0.2, 0) is 19.3 Å². The third-order valence-corrected chi connectivity index (χ3v) is 9.48. The van der Waals surface area contributed by atoms with Crippen molar-refractivity contribution in [2.24, 2.45) is 5.41 Å². The first-order valence-electron chi connectivity index (χ1n) is 15.8. The summed E-state index contributed by atoms with van der Waals surface area (Å²) in [5, 5.41) is 0. The highest BCUT2D eigenvalue weighted by molar-refractivity contribution is 5.60. The van der Waals surface area contributed by atoms with Gasteiger partial charge in [-0.2, -0.15) is 0 Å². The lowest BCUT2D eigenvalue weighted by Gasteiger charge is -2.38. The van der Waals surface area contributed by atoms with Crippen molar-refractivity contribution in [1.29, 1.82) is 0 Å². The molecule has 0 amide bonds. The van der Waals surface area contributed by atoms with Crippen LogP contribution in [0.3, 0.4) is 0 Å². The number of aryl methyl sites for hydroxylation is 3. The van der Waals surface area contributed by atoms with Crippen molar-refractivity contribution in [3.05, 3.63) is 118 Å². The fraction of sp³-hybridized carbons (Fsp3) is 0.450. The lowest BCUT2D eigenvalue weighted by molar-refractivity contribution is 0.388. The summed E-state index contributed by atoms with van der Waals surface area (Å²) >= 11 is 0. The first-order chi connectivity index (χ1) is 19.5. The molecular weight excluding hydrogens is 494 g/mol. The number of hydrogen-bond donors (Lipinski definition) is 0. The standard InChI is InChI=1S/C40H55N/c1-11-17-35-23-24-36(28-34(35)13-3)39(40(8,9)29(4)5)37-25-26-38(31(7)30(37)6)41(10)27-16-14-15-18-33-21-19-32(12-2)20-22-33/h12,19-26,28,39H,2,4,11,13-18,27H2,1,3,5-10H3. The van der Waals surface area contributed by atoms with E-state index in [4.69, 9.17) is 0 Å². The van der Waals surface area contributed by atoms with Crippen molar-refractivity contribution in [1.82, 2.24) is 0 Å². The van der Waals surface area contributed by atoms with Crippen molar-refractivity contribution in [2.45, 2.75) is 99.3 Å². The Balaban J connectivity index is 1.79. The maximum atomic E-state index is 4.45. The van der Waals surface area contributed by atoms with E-state index in [9.17, 15) is 0 Å². The molecule has 0 saturated carbocycles. The fourth-order valence-electron chi connectivity index (χ4n) is 6.25. The Morgan fingerprint density at radius 1 is 0.878 bits per heavy atom. The maximum absolute atomic E-state index is 4.45. The van der Waals surface area contributed by atoms with Gasteiger partial charge in [0.2, 0.25) is 0 Å². The van der Waals surface area contributed by atoms with Crippen molar-refractivity contribution >= 4 is 11.8 Å². The molecule has 220 valence electrons. The smallest absolute Gasteiger partial charge is 0.0396 e. The van der Waals surface area contributed by atoms with Crippen LogP contribution < -0.4 is 4.90 Å². The molecule has 0 spiro atoms. The molecule has 0 saturated heterocycles. The van der Waals surface area contributed by atoms with Crippen molar-refractivity contribution < 1.29 is 0 Å². The highest BCUT2D eigenvalue weighted by atomic mass is 15.1. The number of rotatable bonds is 15. The summed E-state index contributed by atoms with van der Waals surface area (Å²) in [7, 11) is 2.25. The predicted molar refractivity (Wildman–Crippen MR) is 184 cm³/mol. The number of anilines is 1. The first kappa shape index (κ1) is 32.5. The molecule has 0 aliphatic heterocycles. The molecule has 0 fully saturated rings. The highest BCUT2D eigenvalue weighted by Crippen LogP contribution is 2.47. The zero-order valence-corrected chi connectivity index (χ0v) is 27.4. The summed E-state index contributed by atoms with van der Waals surface area (Å²) in [5.74, 6) is 0.263. The summed E-state index contributed by atoms with van der Waals surface area (Å²) in [6, 6.07) is 20.8. The molecule has 0 bridgehead atoms. The number of allylic oxidation sites excluding steroid dienone is 1. The van der Waals surface area contributed by atoms with Crippen LogP contribution in [-0.4, -0.2) is 13.6 Å². The van der Waals surface area contributed by atoms with Gasteiger partial charge in [0, 0.05) is 25.2 Å². The Kier molecular flexibility index (Phi) is 11.6. The van der Waals surface area contributed by atoms with Crippen molar-refractivity contribution in [3.63, 3.8) is 0 Å². The lowest BCUT2D eigenvalue weighted by atomic mass is 9.66. The van der Waals surface area contributed by atoms with Gasteiger partial charge in [0.1, 0.15) is 0 Å². The summed E-state index contributed by atoms with van der Waals surface area (Å²) in [6.07, 6.45) is 10.1. The number of nitrogens with zero attached hydrogens (tertiary/aromatic N) is 1. The Bertz CT molecular complexity index is 1310. The summed E-state index contributed by atoms with van der Waals surface area (Å²) in [4.78, 5) is 2.46. The molecular formula is C40H55N. The maximum Gasteiger partial charge on any atom is 0.0396 e. The van der Waals surface area contributed by atoms with Gasteiger partial charge in [-0.15, -0.1) is 0 Å². The van der Waals surface area contributed by atoms with Crippen LogP contribution in [0.4, 0.5) is 5.69 Å². The second-order valence-corrected chi connectivity index (χ2v) is 12.7. The second kappa shape index (κ2) is 14.7. The lowest BCUT2D eigenvalue weighted by Crippen LogP contribution is -2.26.